The van der Waals surface area contributed by atoms with Crippen LogP contribution in [0.25, 0.3) is 0 Å². The Hall–Kier alpha value is -1.58. The van der Waals surface area contributed by atoms with Crippen molar-refractivity contribution >= 4 is 11.9 Å². The summed E-state index contributed by atoms with van der Waals surface area (Å²) >= 11 is 0. The Labute approximate surface area is 95.9 Å². The number of carbonyl (C=O) groups is 2. The van der Waals surface area contributed by atoms with Gasteiger partial charge in [-0.2, -0.15) is 0 Å². The van der Waals surface area contributed by atoms with Crippen LogP contribution in [0, 0.1) is 0 Å². The Kier molecular flexibility index (Phi) is 6.15. The number of esters is 2. The fourth-order valence-electron chi connectivity index (χ4n) is 0.749. The Bertz CT molecular complexity index is 326. The van der Waals surface area contributed by atoms with Crippen LogP contribution in [0.5, 0.6) is 0 Å². The first kappa shape index (κ1) is 14.4. The van der Waals surface area contributed by atoms with Gasteiger partial charge in [0.2, 0.25) is 0 Å². The molecule has 0 atom stereocenters. The lowest BCUT2D eigenvalue weighted by Gasteiger charge is -2.08. The molecular formula is C12H18O4. The second kappa shape index (κ2) is 6.82. The lowest BCUT2D eigenvalue weighted by molar-refractivity contribution is -0.139. The molecule has 4 nitrogen and oxygen atoms in total. The Morgan fingerprint density at radius 1 is 1.12 bits per heavy atom. The highest BCUT2D eigenvalue weighted by atomic mass is 16.5. The van der Waals surface area contributed by atoms with Gasteiger partial charge in [0.25, 0.3) is 0 Å². The third kappa shape index (κ3) is 4.77. The minimum absolute atomic E-state index is 0.245. The maximum absolute atomic E-state index is 11.4. The first-order chi connectivity index (χ1) is 7.40. The van der Waals surface area contributed by atoms with Crippen molar-refractivity contribution in [3.63, 3.8) is 0 Å². The van der Waals surface area contributed by atoms with E-state index in [4.69, 9.17) is 9.47 Å². The summed E-state index contributed by atoms with van der Waals surface area (Å²) in [6.07, 6.45) is 0.754. The number of allylic oxidation sites excluding steroid dienone is 1. The van der Waals surface area contributed by atoms with Gasteiger partial charge in [0.1, 0.15) is 5.76 Å². The second-order valence-electron chi connectivity index (χ2n) is 3.49. The van der Waals surface area contributed by atoms with Crippen LogP contribution in [0.3, 0.4) is 0 Å². The van der Waals surface area contributed by atoms with Crippen molar-refractivity contribution in [2.75, 3.05) is 6.61 Å². The Balaban J connectivity index is 4.51. The van der Waals surface area contributed by atoms with E-state index in [9.17, 15) is 9.59 Å². The molecule has 0 aromatic carbocycles. The van der Waals surface area contributed by atoms with Gasteiger partial charge in [-0.05, 0) is 27.2 Å². The second-order valence-corrected chi connectivity index (χ2v) is 3.49. The van der Waals surface area contributed by atoms with E-state index in [-0.39, 0.29) is 11.3 Å². The van der Waals surface area contributed by atoms with Crippen molar-refractivity contribution in [2.24, 2.45) is 0 Å². The zero-order valence-corrected chi connectivity index (χ0v) is 10.3. The van der Waals surface area contributed by atoms with Gasteiger partial charge < -0.3 is 9.47 Å². The van der Waals surface area contributed by atoms with E-state index < -0.39 is 11.9 Å². The largest absolute Gasteiger partial charge is 0.462 e. The zero-order valence-electron chi connectivity index (χ0n) is 10.3. The summed E-state index contributed by atoms with van der Waals surface area (Å²) in [4.78, 5) is 22.6. The maximum Gasteiger partial charge on any atom is 0.338 e. The van der Waals surface area contributed by atoms with Crippen LogP contribution in [0.1, 0.15) is 34.1 Å². The molecule has 0 aromatic rings. The summed E-state index contributed by atoms with van der Waals surface area (Å²) in [6, 6.07) is 0. The van der Waals surface area contributed by atoms with E-state index in [0.717, 1.165) is 6.42 Å². The fraction of sp³-hybridized carbons (Fsp3) is 0.500. The average molecular weight is 226 g/mol. The Morgan fingerprint density at radius 2 is 1.69 bits per heavy atom. The quantitative estimate of drug-likeness (QED) is 0.410. The van der Waals surface area contributed by atoms with Gasteiger partial charge in [-0.15, -0.1) is 0 Å². The summed E-state index contributed by atoms with van der Waals surface area (Å²) in [6.45, 7) is 10.4. The van der Waals surface area contributed by atoms with E-state index in [1.807, 2.05) is 6.92 Å². The molecule has 0 aromatic heterocycles. The molecule has 0 aliphatic rings. The van der Waals surface area contributed by atoms with Crippen molar-refractivity contribution < 1.29 is 19.1 Å². The normalized spacial score (nSPS) is 11.5. The van der Waals surface area contributed by atoms with Crippen molar-refractivity contribution in [1.29, 1.82) is 0 Å². The molecule has 0 saturated carbocycles. The predicted molar refractivity (Wildman–Crippen MR) is 60.5 cm³/mol. The fourth-order valence-corrected chi connectivity index (χ4v) is 0.749. The zero-order chi connectivity index (χ0) is 12.7. The Morgan fingerprint density at radius 3 is 2.12 bits per heavy atom. The average Bonchev–Trinajstić information content (AvgIpc) is 2.24. The molecule has 0 unspecified atom stereocenters. The summed E-state index contributed by atoms with van der Waals surface area (Å²) in [5, 5.41) is 0. The van der Waals surface area contributed by atoms with Crippen LogP contribution in [0.15, 0.2) is 23.5 Å². The van der Waals surface area contributed by atoms with Gasteiger partial charge in [0, 0.05) is 5.57 Å². The molecule has 4 heteroatoms. The standard InChI is InChI=1S/C12H18O4/c1-6-7-15-12(14)9(4)10(5)16-11(13)8(2)3/h2,6-7H2,1,3-5H3. The molecule has 0 aliphatic heterocycles. The molecule has 0 rings (SSSR count). The lowest BCUT2D eigenvalue weighted by atomic mass is 10.2. The van der Waals surface area contributed by atoms with Gasteiger partial charge in [-0.1, -0.05) is 13.5 Å². The highest BCUT2D eigenvalue weighted by molar-refractivity contribution is 5.91. The molecule has 0 aliphatic carbocycles. The lowest BCUT2D eigenvalue weighted by Crippen LogP contribution is -2.11. The predicted octanol–water partition coefficient (Wildman–Crippen LogP) is 2.35. The van der Waals surface area contributed by atoms with E-state index in [0.29, 0.717) is 12.2 Å². The van der Waals surface area contributed by atoms with Gasteiger partial charge in [0.05, 0.1) is 12.2 Å². The highest BCUT2D eigenvalue weighted by Gasteiger charge is 2.13. The number of hydrogen-bond acceptors (Lipinski definition) is 4. The number of rotatable bonds is 5. The van der Waals surface area contributed by atoms with E-state index in [1.54, 1.807) is 20.8 Å². The van der Waals surface area contributed by atoms with Crippen LogP contribution in [0.2, 0.25) is 0 Å². The minimum Gasteiger partial charge on any atom is -0.462 e. The smallest absolute Gasteiger partial charge is 0.338 e. The van der Waals surface area contributed by atoms with Gasteiger partial charge in [-0.3, -0.25) is 0 Å². The molecule has 0 amide bonds. The molecular weight excluding hydrogens is 208 g/mol. The van der Waals surface area contributed by atoms with E-state index in [1.165, 1.54) is 0 Å². The number of carbonyl (C=O) groups excluding carboxylic acids is 2. The van der Waals surface area contributed by atoms with Gasteiger partial charge in [-0.25, -0.2) is 9.59 Å². The summed E-state index contributed by atoms with van der Waals surface area (Å²) in [7, 11) is 0. The van der Waals surface area contributed by atoms with Crippen LogP contribution in [-0.4, -0.2) is 18.5 Å². The summed E-state index contributed by atoms with van der Waals surface area (Å²) in [5.74, 6) is -0.761. The number of hydrogen-bond donors (Lipinski definition) is 0. The summed E-state index contributed by atoms with van der Waals surface area (Å²) in [5.41, 5.74) is 0.581. The molecule has 0 fully saturated rings. The van der Waals surface area contributed by atoms with Gasteiger partial charge in [0.15, 0.2) is 0 Å². The first-order valence-electron chi connectivity index (χ1n) is 5.12. The molecule has 0 N–H and O–H groups in total. The van der Waals surface area contributed by atoms with Crippen LogP contribution >= 0.6 is 0 Å². The van der Waals surface area contributed by atoms with Crippen LogP contribution in [-0.2, 0) is 19.1 Å². The first-order valence-corrected chi connectivity index (χ1v) is 5.12. The topological polar surface area (TPSA) is 52.6 Å². The molecule has 16 heavy (non-hydrogen) atoms. The molecule has 90 valence electrons. The third-order valence-corrected chi connectivity index (χ3v) is 1.87. The minimum atomic E-state index is -0.542. The maximum atomic E-state index is 11.4. The molecule has 0 bridgehead atoms. The molecule has 0 heterocycles. The molecule has 0 spiro atoms. The highest BCUT2D eigenvalue weighted by Crippen LogP contribution is 2.09. The van der Waals surface area contributed by atoms with Gasteiger partial charge >= 0.3 is 11.9 Å². The van der Waals surface area contributed by atoms with Crippen molar-refractivity contribution in [3.05, 3.63) is 23.5 Å². The van der Waals surface area contributed by atoms with Crippen LogP contribution < -0.4 is 0 Å². The van der Waals surface area contributed by atoms with Crippen LogP contribution in [0.4, 0.5) is 0 Å². The van der Waals surface area contributed by atoms with Crippen molar-refractivity contribution in [1.82, 2.24) is 0 Å². The van der Waals surface area contributed by atoms with E-state index >= 15 is 0 Å². The third-order valence-electron chi connectivity index (χ3n) is 1.87. The SMILES string of the molecule is C=C(C)C(=O)OC(C)=C(C)C(=O)OCCC. The van der Waals surface area contributed by atoms with Crippen molar-refractivity contribution in [3.8, 4) is 0 Å². The van der Waals surface area contributed by atoms with E-state index in [2.05, 4.69) is 6.58 Å². The van der Waals surface area contributed by atoms with Crippen molar-refractivity contribution in [2.45, 2.75) is 34.1 Å². The number of ether oxygens (including phenoxy) is 2. The molecule has 0 saturated heterocycles. The summed E-state index contributed by atoms with van der Waals surface area (Å²) < 4.78 is 9.82. The monoisotopic (exact) mass is 226 g/mol. The molecule has 0 radical (unpaired) electrons.